The smallest absolute Gasteiger partial charge is 0.343 e. The van der Waals surface area contributed by atoms with Gasteiger partial charge < -0.3 is 23.7 Å². The van der Waals surface area contributed by atoms with Crippen molar-refractivity contribution < 1.29 is 28.5 Å². The quantitative estimate of drug-likeness (QED) is 0.585. The van der Waals surface area contributed by atoms with Crippen molar-refractivity contribution in [3.8, 4) is 0 Å². The minimum absolute atomic E-state index is 0.0975. The van der Waals surface area contributed by atoms with Gasteiger partial charge in [-0.3, -0.25) is 0 Å². The van der Waals surface area contributed by atoms with Crippen molar-refractivity contribution in [1.82, 2.24) is 0 Å². The van der Waals surface area contributed by atoms with E-state index in [1.807, 2.05) is 30.3 Å². The van der Waals surface area contributed by atoms with E-state index < -0.39 is 23.5 Å². The van der Waals surface area contributed by atoms with E-state index in [0.717, 1.165) is 18.4 Å². The van der Waals surface area contributed by atoms with Crippen LogP contribution in [0.5, 0.6) is 0 Å². The SMILES string of the molecule is COC(=O)[C@]1(COCc2ccccc2)OC2(CCCC2)O[C@H]1C=O. The van der Waals surface area contributed by atoms with E-state index in [4.69, 9.17) is 18.9 Å². The van der Waals surface area contributed by atoms with E-state index in [-0.39, 0.29) is 6.61 Å². The Balaban J connectivity index is 1.76. The van der Waals surface area contributed by atoms with Gasteiger partial charge in [-0.2, -0.15) is 0 Å². The first-order valence-corrected chi connectivity index (χ1v) is 8.17. The number of aldehydes is 1. The molecule has 1 aromatic carbocycles. The van der Waals surface area contributed by atoms with Gasteiger partial charge in [-0.05, 0) is 18.4 Å². The highest BCUT2D eigenvalue weighted by Gasteiger charge is 2.63. The van der Waals surface area contributed by atoms with Crippen LogP contribution in [0.1, 0.15) is 31.2 Å². The number of benzene rings is 1. The van der Waals surface area contributed by atoms with Gasteiger partial charge in [0.1, 0.15) is 0 Å². The normalized spacial score (nSPS) is 28.1. The van der Waals surface area contributed by atoms with Crippen LogP contribution in [0.4, 0.5) is 0 Å². The van der Waals surface area contributed by atoms with Crippen LogP contribution in [0.15, 0.2) is 30.3 Å². The van der Waals surface area contributed by atoms with Crippen LogP contribution in [0.3, 0.4) is 0 Å². The Morgan fingerprint density at radius 1 is 1.29 bits per heavy atom. The molecule has 0 N–H and O–H groups in total. The molecule has 1 saturated carbocycles. The zero-order chi connectivity index (χ0) is 17.0. The van der Waals surface area contributed by atoms with E-state index in [1.54, 1.807) is 0 Å². The molecule has 1 heterocycles. The molecule has 2 fully saturated rings. The maximum atomic E-state index is 12.4. The number of rotatable bonds is 6. The second-order valence-corrected chi connectivity index (χ2v) is 6.25. The highest BCUT2D eigenvalue weighted by atomic mass is 16.8. The van der Waals surface area contributed by atoms with Crippen LogP contribution < -0.4 is 0 Å². The van der Waals surface area contributed by atoms with Gasteiger partial charge in [0.15, 0.2) is 18.2 Å². The highest BCUT2D eigenvalue weighted by Crippen LogP contribution is 2.46. The summed E-state index contributed by atoms with van der Waals surface area (Å²) in [6.07, 6.45) is 2.78. The monoisotopic (exact) mass is 334 g/mol. The van der Waals surface area contributed by atoms with Crippen molar-refractivity contribution in [3.63, 3.8) is 0 Å². The number of hydrogen-bond donors (Lipinski definition) is 0. The molecule has 1 aromatic rings. The van der Waals surface area contributed by atoms with Crippen molar-refractivity contribution in [1.29, 1.82) is 0 Å². The largest absolute Gasteiger partial charge is 0.467 e. The molecule has 24 heavy (non-hydrogen) atoms. The Kier molecular flexibility index (Phi) is 4.99. The third kappa shape index (κ3) is 3.09. The lowest BCUT2D eigenvalue weighted by Crippen LogP contribution is -2.53. The molecule has 3 rings (SSSR count). The number of carbonyl (C=O) groups excluding carboxylic acids is 2. The third-order valence-electron chi connectivity index (χ3n) is 4.62. The molecule has 0 unspecified atom stereocenters. The van der Waals surface area contributed by atoms with Gasteiger partial charge in [-0.25, -0.2) is 4.79 Å². The number of esters is 1. The first kappa shape index (κ1) is 17.1. The fourth-order valence-corrected chi connectivity index (χ4v) is 3.41. The Hall–Kier alpha value is -1.76. The van der Waals surface area contributed by atoms with Gasteiger partial charge in [-0.15, -0.1) is 0 Å². The first-order valence-electron chi connectivity index (χ1n) is 8.17. The van der Waals surface area contributed by atoms with Crippen LogP contribution >= 0.6 is 0 Å². The van der Waals surface area contributed by atoms with Crippen molar-refractivity contribution in [2.75, 3.05) is 13.7 Å². The Labute approximate surface area is 141 Å². The van der Waals surface area contributed by atoms with Gasteiger partial charge in [0.25, 0.3) is 0 Å². The predicted octanol–water partition coefficient (Wildman–Crippen LogP) is 2.00. The molecular formula is C18H22O6. The minimum Gasteiger partial charge on any atom is -0.467 e. The summed E-state index contributed by atoms with van der Waals surface area (Å²) in [6, 6.07) is 9.58. The number of carbonyl (C=O) groups is 2. The number of methoxy groups -OCH3 is 1. The van der Waals surface area contributed by atoms with Crippen molar-refractivity contribution in [2.45, 2.75) is 49.8 Å². The number of hydrogen-bond acceptors (Lipinski definition) is 6. The average Bonchev–Trinajstić information content (AvgIpc) is 3.20. The summed E-state index contributed by atoms with van der Waals surface area (Å²) >= 11 is 0. The van der Waals surface area contributed by atoms with Crippen molar-refractivity contribution in [3.05, 3.63) is 35.9 Å². The Bertz CT molecular complexity index is 580. The lowest BCUT2D eigenvalue weighted by atomic mass is 9.99. The molecule has 0 aromatic heterocycles. The van der Waals surface area contributed by atoms with Gasteiger partial charge in [0, 0.05) is 12.8 Å². The molecule has 0 amide bonds. The van der Waals surface area contributed by atoms with E-state index in [0.29, 0.717) is 25.7 Å². The van der Waals surface area contributed by atoms with E-state index in [9.17, 15) is 9.59 Å². The molecule has 2 aliphatic rings. The zero-order valence-corrected chi connectivity index (χ0v) is 13.7. The minimum atomic E-state index is -1.55. The third-order valence-corrected chi connectivity index (χ3v) is 4.62. The van der Waals surface area contributed by atoms with E-state index in [2.05, 4.69) is 0 Å². The van der Waals surface area contributed by atoms with E-state index in [1.165, 1.54) is 7.11 Å². The van der Waals surface area contributed by atoms with Crippen LogP contribution in [-0.2, 0) is 35.1 Å². The maximum absolute atomic E-state index is 12.4. The van der Waals surface area contributed by atoms with Gasteiger partial charge in [0.2, 0.25) is 5.60 Å². The van der Waals surface area contributed by atoms with Crippen LogP contribution in [0, 0.1) is 0 Å². The van der Waals surface area contributed by atoms with Gasteiger partial charge in [0.05, 0.1) is 20.3 Å². The summed E-state index contributed by atoms with van der Waals surface area (Å²) in [5.74, 6) is -1.52. The van der Waals surface area contributed by atoms with Gasteiger partial charge in [-0.1, -0.05) is 30.3 Å². The average molecular weight is 334 g/mol. The van der Waals surface area contributed by atoms with Crippen LogP contribution in [-0.4, -0.2) is 43.5 Å². The lowest BCUT2D eigenvalue weighted by molar-refractivity contribution is -0.207. The molecule has 0 bridgehead atoms. The second-order valence-electron chi connectivity index (χ2n) is 6.25. The van der Waals surface area contributed by atoms with Crippen LogP contribution in [0.25, 0.3) is 0 Å². The molecule has 2 atom stereocenters. The molecule has 1 aliphatic heterocycles. The summed E-state index contributed by atoms with van der Waals surface area (Å²) in [6.45, 7) is 0.210. The first-order chi connectivity index (χ1) is 11.6. The maximum Gasteiger partial charge on any atom is 0.343 e. The molecule has 1 aliphatic carbocycles. The summed E-state index contributed by atoms with van der Waals surface area (Å²) in [4.78, 5) is 24.0. The molecular weight excluding hydrogens is 312 g/mol. The summed E-state index contributed by atoms with van der Waals surface area (Å²) < 4.78 is 22.5. The zero-order valence-electron chi connectivity index (χ0n) is 13.7. The Morgan fingerprint density at radius 2 is 2.00 bits per heavy atom. The predicted molar refractivity (Wildman–Crippen MR) is 84.1 cm³/mol. The van der Waals surface area contributed by atoms with E-state index >= 15 is 0 Å². The topological polar surface area (TPSA) is 71.1 Å². The van der Waals surface area contributed by atoms with Crippen molar-refractivity contribution >= 4 is 12.3 Å². The molecule has 130 valence electrons. The summed E-state index contributed by atoms with van der Waals surface area (Å²) in [5.41, 5.74) is -0.579. The fourth-order valence-electron chi connectivity index (χ4n) is 3.41. The summed E-state index contributed by atoms with van der Waals surface area (Å²) in [5, 5.41) is 0. The van der Waals surface area contributed by atoms with Gasteiger partial charge >= 0.3 is 5.97 Å². The standard InChI is InChI=1S/C18H22O6/c1-21-16(20)18(13-22-12-14-7-3-2-4-8-14)15(11-19)23-17(24-18)9-5-6-10-17/h2-4,7-8,11,15H,5-6,9-10,12-13H2,1H3/t15-,18+/m0/s1. The Morgan fingerprint density at radius 3 is 2.62 bits per heavy atom. The summed E-state index contributed by atoms with van der Waals surface area (Å²) in [7, 11) is 1.27. The lowest BCUT2D eigenvalue weighted by Gasteiger charge is -2.29. The van der Waals surface area contributed by atoms with Crippen LogP contribution in [0.2, 0.25) is 0 Å². The fraction of sp³-hybridized carbons (Fsp3) is 0.556. The molecule has 6 heteroatoms. The molecule has 6 nitrogen and oxygen atoms in total. The number of ether oxygens (including phenoxy) is 4. The molecule has 1 spiro atoms. The highest BCUT2D eigenvalue weighted by molar-refractivity contribution is 5.86. The van der Waals surface area contributed by atoms with Crippen molar-refractivity contribution in [2.24, 2.45) is 0 Å². The molecule has 0 radical (unpaired) electrons. The second kappa shape index (κ2) is 7.01. The molecule has 1 saturated heterocycles.